The van der Waals surface area contributed by atoms with Crippen molar-refractivity contribution in [2.45, 2.75) is 40.3 Å². The van der Waals surface area contributed by atoms with Gasteiger partial charge in [-0.05, 0) is 37.5 Å². The molecule has 2 aromatic rings. The number of nitrogens with one attached hydrogen (secondary N) is 1. The molecule has 35 heavy (non-hydrogen) atoms. The van der Waals surface area contributed by atoms with Gasteiger partial charge in [0.05, 0.1) is 11.9 Å². The summed E-state index contributed by atoms with van der Waals surface area (Å²) < 4.78 is 37.0. The smallest absolute Gasteiger partial charge is 0.244 e. The van der Waals surface area contributed by atoms with Gasteiger partial charge in [-0.1, -0.05) is 43.7 Å². The van der Waals surface area contributed by atoms with E-state index >= 15 is 0 Å². The highest BCUT2D eigenvalue weighted by atomic mass is 32.2. The Hall–Kier alpha value is -3.27. The number of fused-ring (bicyclic) bond motifs is 1. The van der Waals surface area contributed by atoms with Crippen LogP contribution in [0.2, 0.25) is 0 Å². The van der Waals surface area contributed by atoms with Gasteiger partial charge in [0.15, 0.2) is 11.5 Å². The summed E-state index contributed by atoms with van der Waals surface area (Å²) in [5.41, 5.74) is 2.18. The Kier molecular flexibility index (Phi) is 8.26. The van der Waals surface area contributed by atoms with Crippen LogP contribution >= 0.6 is 0 Å². The van der Waals surface area contributed by atoms with E-state index < -0.39 is 28.5 Å². The molecule has 1 unspecified atom stereocenters. The van der Waals surface area contributed by atoms with Crippen LogP contribution in [0.4, 0.5) is 5.69 Å². The van der Waals surface area contributed by atoms with Crippen molar-refractivity contribution in [3.8, 4) is 11.5 Å². The second kappa shape index (κ2) is 11.0. The molecule has 0 saturated heterocycles. The predicted molar refractivity (Wildman–Crippen MR) is 134 cm³/mol. The number of ether oxygens (including phenoxy) is 2. The van der Waals surface area contributed by atoms with Crippen LogP contribution in [0.3, 0.4) is 0 Å². The van der Waals surface area contributed by atoms with Crippen molar-refractivity contribution in [2.24, 2.45) is 5.92 Å². The molecule has 0 bridgehead atoms. The Morgan fingerprint density at radius 1 is 1.03 bits per heavy atom. The highest BCUT2D eigenvalue weighted by Crippen LogP contribution is 2.36. The van der Waals surface area contributed by atoms with Crippen molar-refractivity contribution in [1.29, 1.82) is 0 Å². The SMILES string of the molecule is Cc1ccc(CN(C(=O)CN(c2ccc3c(c2)OCO3)S(C)(=O)=O)C(C)C(=O)NCC(C)C)cc1. The summed E-state index contributed by atoms with van der Waals surface area (Å²) in [6, 6.07) is 11.5. The first kappa shape index (κ1) is 26.3. The molecule has 2 aromatic carbocycles. The van der Waals surface area contributed by atoms with Gasteiger partial charge in [0.1, 0.15) is 12.6 Å². The molecule has 9 nitrogen and oxygen atoms in total. The fourth-order valence-corrected chi connectivity index (χ4v) is 4.42. The Labute approximate surface area is 207 Å². The van der Waals surface area contributed by atoms with Gasteiger partial charge in [0.25, 0.3) is 0 Å². The molecule has 0 radical (unpaired) electrons. The highest BCUT2D eigenvalue weighted by molar-refractivity contribution is 7.92. The monoisotopic (exact) mass is 503 g/mol. The molecule has 1 N–H and O–H groups in total. The van der Waals surface area contributed by atoms with Gasteiger partial charge in [-0.3, -0.25) is 13.9 Å². The lowest BCUT2D eigenvalue weighted by Crippen LogP contribution is -2.51. The number of benzene rings is 2. The van der Waals surface area contributed by atoms with Crippen LogP contribution in [-0.4, -0.2) is 57.3 Å². The molecule has 1 aliphatic rings. The summed E-state index contributed by atoms with van der Waals surface area (Å²) in [4.78, 5) is 27.8. The fourth-order valence-electron chi connectivity index (χ4n) is 3.58. The lowest BCUT2D eigenvalue weighted by molar-refractivity contribution is -0.139. The molecule has 0 aromatic heterocycles. The molecule has 0 aliphatic carbocycles. The number of rotatable bonds is 10. The molecular formula is C25H33N3O6S. The second-order valence-electron chi connectivity index (χ2n) is 9.13. The average Bonchev–Trinajstić information content (AvgIpc) is 3.27. The zero-order chi connectivity index (χ0) is 25.8. The van der Waals surface area contributed by atoms with Crippen LogP contribution in [0.25, 0.3) is 0 Å². The molecule has 1 atom stereocenters. The molecular weight excluding hydrogens is 470 g/mol. The minimum absolute atomic E-state index is 0.0456. The molecule has 190 valence electrons. The summed E-state index contributed by atoms with van der Waals surface area (Å²) in [5, 5.41) is 2.86. The average molecular weight is 504 g/mol. The van der Waals surface area contributed by atoms with Crippen LogP contribution in [0, 0.1) is 12.8 Å². The van der Waals surface area contributed by atoms with E-state index in [-0.39, 0.29) is 30.9 Å². The van der Waals surface area contributed by atoms with E-state index in [1.807, 2.05) is 45.0 Å². The van der Waals surface area contributed by atoms with Crippen LogP contribution in [0.15, 0.2) is 42.5 Å². The minimum atomic E-state index is -3.82. The maximum atomic E-state index is 13.5. The third-order valence-corrected chi connectivity index (χ3v) is 6.79. The zero-order valence-electron chi connectivity index (χ0n) is 20.8. The van der Waals surface area contributed by atoms with Gasteiger partial charge in [0.2, 0.25) is 28.6 Å². The lowest BCUT2D eigenvalue weighted by Gasteiger charge is -2.31. The number of anilines is 1. The first-order valence-corrected chi connectivity index (χ1v) is 13.3. The summed E-state index contributed by atoms with van der Waals surface area (Å²) in [6.45, 7) is 7.79. The number of aryl methyl sites for hydroxylation is 1. The Morgan fingerprint density at radius 3 is 2.31 bits per heavy atom. The van der Waals surface area contributed by atoms with E-state index in [1.54, 1.807) is 19.1 Å². The van der Waals surface area contributed by atoms with Crippen molar-refractivity contribution in [2.75, 3.05) is 30.4 Å². The van der Waals surface area contributed by atoms with Gasteiger partial charge in [0, 0.05) is 19.2 Å². The van der Waals surface area contributed by atoms with Gasteiger partial charge in [-0.2, -0.15) is 0 Å². The minimum Gasteiger partial charge on any atom is -0.454 e. The van der Waals surface area contributed by atoms with Gasteiger partial charge >= 0.3 is 0 Å². The van der Waals surface area contributed by atoms with Gasteiger partial charge in [-0.15, -0.1) is 0 Å². The van der Waals surface area contributed by atoms with Crippen LogP contribution in [0.5, 0.6) is 11.5 Å². The Balaban J connectivity index is 1.88. The molecule has 10 heteroatoms. The van der Waals surface area contributed by atoms with Crippen molar-refractivity contribution in [3.63, 3.8) is 0 Å². The van der Waals surface area contributed by atoms with Crippen molar-refractivity contribution in [1.82, 2.24) is 10.2 Å². The standard InChI is InChI=1S/C25H33N3O6S/c1-17(2)13-26-25(30)19(4)27(14-20-8-6-18(3)7-9-20)24(29)15-28(35(5,31)32)21-10-11-22-23(12-21)34-16-33-22/h6-12,17,19H,13-16H2,1-5H3,(H,26,30). The molecule has 1 aliphatic heterocycles. The maximum Gasteiger partial charge on any atom is 0.244 e. The molecule has 0 fully saturated rings. The summed E-state index contributed by atoms with van der Waals surface area (Å²) in [5.74, 6) is 0.361. The topological polar surface area (TPSA) is 105 Å². The fraction of sp³-hybridized carbons (Fsp3) is 0.440. The molecule has 0 saturated carbocycles. The van der Waals surface area contributed by atoms with E-state index in [1.165, 1.54) is 11.0 Å². The summed E-state index contributed by atoms with van der Waals surface area (Å²) in [7, 11) is -3.82. The number of carbonyl (C=O) groups is 2. The second-order valence-corrected chi connectivity index (χ2v) is 11.0. The Morgan fingerprint density at radius 2 is 1.69 bits per heavy atom. The molecule has 0 spiro atoms. The van der Waals surface area contributed by atoms with Gasteiger partial charge in [-0.25, -0.2) is 8.42 Å². The van der Waals surface area contributed by atoms with Crippen LogP contribution < -0.4 is 19.1 Å². The lowest BCUT2D eigenvalue weighted by atomic mass is 10.1. The first-order chi connectivity index (χ1) is 16.5. The molecule has 2 amide bonds. The number of sulfonamides is 1. The highest BCUT2D eigenvalue weighted by Gasteiger charge is 2.30. The number of nitrogens with zero attached hydrogens (tertiary/aromatic N) is 2. The quantitative estimate of drug-likeness (QED) is 0.535. The number of amides is 2. The van der Waals surface area contributed by atoms with Crippen molar-refractivity contribution < 1.29 is 27.5 Å². The zero-order valence-corrected chi connectivity index (χ0v) is 21.6. The Bertz CT molecular complexity index is 1160. The van der Waals surface area contributed by atoms with Crippen LogP contribution in [0.1, 0.15) is 31.9 Å². The number of hydrogen-bond acceptors (Lipinski definition) is 6. The van der Waals surface area contributed by atoms with Crippen molar-refractivity contribution >= 4 is 27.5 Å². The van der Waals surface area contributed by atoms with Crippen molar-refractivity contribution in [3.05, 3.63) is 53.6 Å². The maximum absolute atomic E-state index is 13.5. The van der Waals surface area contributed by atoms with E-state index in [0.29, 0.717) is 18.0 Å². The van der Waals surface area contributed by atoms with E-state index in [0.717, 1.165) is 21.7 Å². The number of hydrogen-bond donors (Lipinski definition) is 1. The van der Waals surface area contributed by atoms with Gasteiger partial charge < -0.3 is 19.7 Å². The third-order valence-electron chi connectivity index (χ3n) is 5.65. The predicted octanol–water partition coefficient (Wildman–Crippen LogP) is 2.68. The normalized spacial score (nSPS) is 13.4. The van der Waals surface area contributed by atoms with E-state index in [2.05, 4.69) is 5.32 Å². The van der Waals surface area contributed by atoms with Crippen LogP contribution in [-0.2, 0) is 26.2 Å². The van der Waals surface area contributed by atoms with E-state index in [4.69, 9.17) is 9.47 Å². The molecule has 1 heterocycles. The largest absolute Gasteiger partial charge is 0.454 e. The third kappa shape index (κ3) is 6.88. The molecule has 3 rings (SSSR count). The summed E-state index contributed by atoms with van der Waals surface area (Å²) >= 11 is 0. The van der Waals surface area contributed by atoms with E-state index in [9.17, 15) is 18.0 Å². The first-order valence-electron chi connectivity index (χ1n) is 11.5. The number of carbonyl (C=O) groups excluding carboxylic acids is 2. The summed E-state index contributed by atoms with van der Waals surface area (Å²) in [6.07, 6.45) is 1.04.